The van der Waals surface area contributed by atoms with Crippen molar-refractivity contribution < 1.29 is 19.1 Å². The molecular weight excluding hydrogens is 310 g/mol. The number of ether oxygens (including phenoxy) is 2. The molecule has 1 aromatic heterocycles. The Morgan fingerprint density at radius 1 is 1.46 bits per heavy atom. The normalized spacial score (nSPS) is 19.7. The maximum absolute atomic E-state index is 12.5. The van der Waals surface area contributed by atoms with E-state index in [9.17, 15) is 9.59 Å². The smallest absolute Gasteiger partial charge is 0.410 e. The highest BCUT2D eigenvalue weighted by Gasteiger charge is 2.26. The summed E-state index contributed by atoms with van der Waals surface area (Å²) >= 11 is 0. The number of amides is 2. The molecule has 0 radical (unpaired) electrons. The highest BCUT2D eigenvalue weighted by molar-refractivity contribution is 5.95. The van der Waals surface area contributed by atoms with Crippen molar-refractivity contribution in [3.05, 3.63) is 29.1 Å². The van der Waals surface area contributed by atoms with Crippen LogP contribution >= 0.6 is 0 Å². The molecule has 2 aliphatic heterocycles. The van der Waals surface area contributed by atoms with E-state index in [0.29, 0.717) is 38.2 Å². The molecule has 0 aliphatic carbocycles. The minimum Gasteiger partial charge on any atom is -0.450 e. The standard InChI is InChI=1S/C17H23N3O4/c1-2-23-17(22)20-6-5-14-12(11-20)8-18-10-15(14)16(21)19-9-13-4-3-7-24-13/h8,10,13H,2-7,9,11H2,1H3,(H,19,21). The lowest BCUT2D eigenvalue weighted by molar-refractivity contribution is 0.0855. The summed E-state index contributed by atoms with van der Waals surface area (Å²) in [4.78, 5) is 30.2. The van der Waals surface area contributed by atoms with E-state index >= 15 is 0 Å². The fraction of sp³-hybridized carbons (Fsp3) is 0.588. The number of carbonyl (C=O) groups excluding carboxylic acids is 2. The molecule has 24 heavy (non-hydrogen) atoms. The van der Waals surface area contributed by atoms with Crippen LogP contribution in [0.15, 0.2) is 12.4 Å². The Kier molecular flexibility index (Phi) is 5.30. The van der Waals surface area contributed by atoms with Crippen molar-refractivity contribution >= 4 is 12.0 Å². The number of nitrogens with zero attached hydrogens (tertiary/aromatic N) is 2. The van der Waals surface area contributed by atoms with Gasteiger partial charge in [-0.2, -0.15) is 0 Å². The summed E-state index contributed by atoms with van der Waals surface area (Å²) in [6.45, 7) is 4.40. The zero-order chi connectivity index (χ0) is 16.9. The SMILES string of the molecule is CCOC(=O)N1CCc2c(cncc2C(=O)NCC2CCCO2)C1. The van der Waals surface area contributed by atoms with Gasteiger partial charge in [-0.25, -0.2) is 4.79 Å². The largest absolute Gasteiger partial charge is 0.450 e. The molecule has 130 valence electrons. The van der Waals surface area contributed by atoms with Gasteiger partial charge in [0.1, 0.15) is 0 Å². The molecule has 7 nitrogen and oxygen atoms in total. The molecule has 1 unspecified atom stereocenters. The Labute approximate surface area is 141 Å². The van der Waals surface area contributed by atoms with Gasteiger partial charge in [0, 0.05) is 32.1 Å². The van der Waals surface area contributed by atoms with Gasteiger partial charge < -0.3 is 19.7 Å². The van der Waals surface area contributed by atoms with Gasteiger partial charge >= 0.3 is 6.09 Å². The number of hydrogen-bond acceptors (Lipinski definition) is 5. The molecule has 1 atom stereocenters. The lowest BCUT2D eigenvalue weighted by Gasteiger charge is -2.28. The molecule has 0 spiro atoms. The van der Waals surface area contributed by atoms with E-state index in [4.69, 9.17) is 9.47 Å². The first-order valence-electron chi connectivity index (χ1n) is 8.46. The molecule has 7 heteroatoms. The highest BCUT2D eigenvalue weighted by atomic mass is 16.6. The molecular formula is C17H23N3O4. The van der Waals surface area contributed by atoms with E-state index < -0.39 is 0 Å². The molecule has 1 aromatic rings. The van der Waals surface area contributed by atoms with Gasteiger partial charge in [0.15, 0.2) is 0 Å². The highest BCUT2D eigenvalue weighted by Crippen LogP contribution is 2.22. The molecule has 1 saturated heterocycles. The van der Waals surface area contributed by atoms with Crippen LogP contribution in [-0.4, -0.2) is 54.3 Å². The summed E-state index contributed by atoms with van der Waals surface area (Å²) in [7, 11) is 0. The number of fused-ring (bicyclic) bond motifs is 1. The van der Waals surface area contributed by atoms with Gasteiger partial charge in [-0.05, 0) is 37.3 Å². The number of pyridine rings is 1. The summed E-state index contributed by atoms with van der Waals surface area (Å²) in [5.74, 6) is -0.126. The van der Waals surface area contributed by atoms with Crippen molar-refractivity contribution in [3.8, 4) is 0 Å². The number of carbonyl (C=O) groups is 2. The summed E-state index contributed by atoms with van der Waals surface area (Å²) in [6.07, 6.45) is 5.77. The Bertz CT molecular complexity index is 614. The quantitative estimate of drug-likeness (QED) is 0.903. The van der Waals surface area contributed by atoms with Crippen molar-refractivity contribution in [3.63, 3.8) is 0 Å². The minimum atomic E-state index is -0.323. The third-order valence-electron chi connectivity index (χ3n) is 4.42. The second-order valence-electron chi connectivity index (χ2n) is 6.04. The zero-order valence-corrected chi connectivity index (χ0v) is 13.9. The summed E-state index contributed by atoms with van der Waals surface area (Å²) < 4.78 is 10.6. The first-order chi connectivity index (χ1) is 11.7. The van der Waals surface area contributed by atoms with Crippen LogP contribution in [-0.2, 0) is 22.4 Å². The van der Waals surface area contributed by atoms with Crippen molar-refractivity contribution in [1.29, 1.82) is 0 Å². The lowest BCUT2D eigenvalue weighted by Crippen LogP contribution is -2.38. The molecule has 0 aromatic carbocycles. The fourth-order valence-electron chi connectivity index (χ4n) is 3.17. The third-order valence-corrected chi connectivity index (χ3v) is 4.42. The second kappa shape index (κ2) is 7.61. The molecule has 1 fully saturated rings. The Morgan fingerprint density at radius 2 is 2.33 bits per heavy atom. The van der Waals surface area contributed by atoms with E-state index in [0.717, 1.165) is 30.6 Å². The van der Waals surface area contributed by atoms with E-state index in [1.165, 1.54) is 0 Å². The molecule has 3 heterocycles. The minimum absolute atomic E-state index is 0.112. The molecule has 3 rings (SSSR count). The zero-order valence-electron chi connectivity index (χ0n) is 13.9. The number of hydrogen-bond donors (Lipinski definition) is 1. The lowest BCUT2D eigenvalue weighted by atomic mass is 9.97. The fourth-order valence-corrected chi connectivity index (χ4v) is 3.17. The first-order valence-corrected chi connectivity index (χ1v) is 8.46. The Hall–Kier alpha value is -2.15. The van der Waals surface area contributed by atoms with Crippen LogP contribution in [0.5, 0.6) is 0 Å². The molecule has 0 saturated carbocycles. The summed E-state index contributed by atoms with van der Waals surface area (Å²) in [5, 5.41) is 2.94. The van der Waals surface area contributed by atoms with Crippen LogP contribution in [0.25, 0.3) is 0 Å². The van der Waals surface area contributed by atoms with Gasteiger partial charge in [-0.1, -0.05) is 0 Å². The van der Waals surface area contributed by atoms with Crippen molar-refractivity contribution in [1.82, 2.24) is 15.2 Å². The van der Waals surface area contributed by atoms with Crippen LogP contribution in [0.4, 0.5) is 4.79 Å². The van der Waals surface area contributed by atoms with Crippen LogP contribution in [0.3, 0.4) is 0 Å². The van der Waals surface area contributed by atoms with E-state index in [1.807, 2.05) is 0 Å². The Morgan fingerprint density at radius 3 is 3.08 bits per heavy atom. The Balaban J connectivity index is 1.67. The van der Waals surface area contributed by atoms with Crippen LogP contribution in [0.1, 0.15) is 41.3 Å². The van der Waals surface area contributed by atoms with Crippen LogP contribution < -0.4 is 5.32 Å². The average Bonchev–Trinajstić information content (AvgIpc) is 3.12. The summed E-state index contributed by atoms with van der Waals surface area (Å²) in [5.41, 5.74) is 2.46. The van der Waals surface area contributed by atoms with E-state index in [2.05, 4.69) is 10.3 Å². The molecule has 1 N–H and O–H groups in total. The topological polar surface area (TPSA) is 80.8 Å². The van der Waals surface area contributed by atoms with E-state index in [1.54, 1.807) is 24.2 Å². The monoisotopic (exact) mass is 333 g/mol. The summed E-state index contributed by atoms with van der Waals surface area (Å²) in [6, 6.07) is 0. The van der Waals surface area contributed by atoms with Crippen molar-refractivity contribution in [2.75, 3.05) is 26.3 Å². The van der Waals surface area contributed by atoms with Crippen LogP contribution in [0.2, 0.25) is 0 Å². The van der Waals surface area contributed by atoms with Gasteiger partial charge in [0.05, 0.1) is 24.8 Å². The number of nitrogens with one attached hydrogen (secondary N) is 1. The first kappa shape index (κ1) is 16.7. The van der Waals surface area contributed by atoms with Crippen molar-refractivity contribution in [2.45, 2.75) is 38.8 Å². The van der Waals surface area contributed by atoms with Gasteiger partial charge in [0.25, 0.3) is 5.91 Å². The van der Waals surface area contributed by atoms with Crippen molar-refractivity contribution in [2.24, 2.45) is 0 Å². The van der Waals surface area contributed by atoms with Gasteiger partial charge in [0.2, 0.25) is 0 Å². The maximum atomic E-state index is 12.5. The molecule has 2 amide bonds. The van der Waals surface area contributed by atoms with Gasteiger partial charge in [-0.3, -0.25) is 9.78 Å². The molecule has 0 bridgehead atoms. The predicted molar refractivity (Wildman–Crippen MR) is 86.7 cm³/mol. The second-order valence-corrected chi connectivity index (χ2v) is 6.04. The van der Waals surface area contributed by atoms with E-state index in [-0.39, 0.29) is 18.1 Å². The number of rotatable bonds is 4. The van der Waals surface area contributed by atoms with Gasteiger partial charge in [-0.15, -0.1) is 0 Å². The van der Waals surface area contributed by atoms with Crippen LogP contribution in [0, 0.1) is 0 Å². The molecule has 2 aliphatic rings. The maximum Gasteiger partial charge on any atom is 0.410 e. The average molecular weight is 333 g/mol. The number of aromatic nitrogens is 1. The third kappa shape index (κ3) is 3.67. The predicted octanol–water partition coefficient (Wildman–Crippen LogP) is 1.50.